The van der Waals surface area contributed by atoms with Crippen LogP contribution in [0.15, 0.2) is 30.3 Å². The van der Waals surface area contributed by atoms with E-state index in [0.717, 1.165) is 5.56 Å². The molecule has 1 unspecified atom stereocenters. The number of nitrogens with zero attached hydrogens (tertiary/aromatic N) is 1. The van der Waals surface area contributed by atoms with E-state index in [1.165, 1.54) is 0 Å². The number of hydrogen-bond donors (Lipinski definition) is 1. The van der Waals surface area contributed by atoms with E-state index in [-0.39, 0.29) is 22.8 Å². The lowest BCUT2D eigenvalue weighted by molar-refractivity contribution is 0.123. The number of likely N-dealkylation sites (N-methyl/N-ethyl adjacent to an activating group) is 1. The van der Waals surface area contributed by atoms with Gasteiger partial charge in [-0.25, -0.2) is 13.3 Å². The van der Waals surface area contributed by atoms with Crippen molar-refractivity contribution < 1.29 is 13.7 Å². The van der Waals surface area contributed by atoms with Crippen LogP contribution in [0.3, 0.4) is 0 Å². The van der Waals surface area contributed by atoms with Crippen molar-refractivity contribution in [1.82, 2.24) is 9.62 Å². The Bertz CT molecular complexity index is 577. The minimum absolute atomic E-state index is 0.188. The predicted octanol–water partition coefficient (Wildman–Crippen LogP) is 3.72. The van der Waals surface area contributed by atoms with E-state index >= 15 is 0 Å². The van der Waals surface area contributed by atoms with Crippen LogP contribution in [0.2, 0.25) is 0 Å². The molecule has 0 fully saturated rings. The first-order valence-electron chi connectivity index (χ1n) is 8.51. The van der Waals surface area contributed by atoms with Crippen LogP contribution < -0.4 is 5.32 Å². The normalized spacial score (nSPS) is 14.9. The van der Waals surface area contributed by atoms with Crippen LogP contribution in [-0.2, 0) is 22.3 Å². The van der Waals surface area contributed by atoms with Crippen LogP contribution in [0.5, 0.6) is 0 Å². The van der Waals surface area contributed by atoms with Crippen LogP contribution in [0.4, 0.5) is 4.79 Å². The van der Waals surface area contributed by atoms with E-state index in [1.54, 1.807) is 4.31 Å². The Kier molecular flexibility index (Phi) is 7.62. The fraction of sp³-hybridized carbons (Fsp3) is 0.632. The maximum atomic E-state index is 12.5. The number of rotatable bonds is 6. The molecule has 0 spiro atoms. The quantitative estimate of drug-likeness (QED) is 0.832. The monoisotopic (exact) mass is 368 g/mol. The second kappa shape index (κ2) is 8.81. The molecule has 0 bridgehead atoms. The third-order valence-corrected chi connectivity index (χ3v) is 5.56. The highest BCUT2D eigenvalue weighted by Crippen LogP contribution is 2.22. The molecule has 0 saturated heterocycles. The summed E-state index contributed by atoms with van der Waals surface area (Å²) >= 11 is 0. The molecule has 0 aromatic heterocycles. The highest BCUT2D eigenvalue weighted by molar-refractivity contribution is 7.84. The summed E-state index contributed by atoms with van der Waals surface area (Å²) in [7, 11) is 0.672. The Morgan fingerprint density at radius 3 is 2.20 bits per heavy atom. The molecule has 0 aliphatic rings. The minimum Gasteiger partial charge on any atom is -0.445 e. The Morgan fingerprint density at radius 1 is 1.16 bits per heavy atom. The van der Waals surface area contributed by atoms with Crippen LogP contribution in [0.25, 0.3) is 0 Å². The maximum Gasteiger partial charge on any atom is 0.407 e. The number of hydrogen-bond acceptors (Lipinski definition) is 3. The number of carbonyl (C=O) groups is 1. The van der Waals surface area contributed by atoms with E-state index < -0.39 is 17.1 Å². The first-order chi connectivity index (χ1) is 11.4. The van der Waals surface area contributed by atoms with Crippen LogP contribution >= 0.6 is 0 Å². The van der Waals surface area contributed by atoms with E-state index in [0.29, 0.717) is 6.54 Å². The van der Waals surface area contributed by atoms with Crippen LogP contribution in [-0.4, -0.2) is 39.0 Å². The second-order valence-electron chi connectivity index (χ2n) is 8.30. The van der Waals surface area contributed by atoms with Crippen molar-refractivity contribution in [2.24, 2.45) is 5.41 Å². The lowest BCUT2D eigenvalue weighted by atomic mass is 9.87. The zero-order valence-electron chi connectivity index (χ0n) is 16.5. The van der Waals surface area contributed by atoms with Gasteiger partial charge >= 0.3 is 6.09 Å². The first kappa shape index (κ1) is 21.6. The fourth-order valence-corrected chi connectivity index (χ4v) is 3.45. The van der Waals surface area contributed by atoms with Crippen molar-refractivity contribution in [3.05, 3.63) is 35.9 Å². The average molecular weight is 369 g/mol. The van der Waals surface area contributed by atoms with Gasteiger partial charge in [0.05, 0.1) is 21.8 Å². The summed E-state index contributed by atoms with van der Waals surface area (Å²) in [4.78, 5) is 12.2. The van der Waals surface area contributed by atoms with Crippen LogP contribution in [0.1, 0.15) is 47.1 Å². The summed E-state index contributed by atoms with van der Waals surface area (Å²) in [6.45, 7) is 12.7. The number of ether oxygens (including phenoxy) is 1. The van der Waals surface area contributed by atoms with Gasteiger partial charge in [0.15, 0.2) is 0 Å². The van der Waals surface area contributed by atoms with Crippen molar-refractivity contribution in [1.29, 1.82) is 0 Å². The Balaban J connectivity index is 2.67. The smallest absolute Gasteiger partial charge is 0.407 e. The average Bonchev–Trinajstić information content (AvgIpc) is 2.50. The summed E-state index contributed by atoms with van der Waals surface area (Å²) in [5, 5.41) is 2.93. The topological polar surface area (TPSA) is 58.6 Å². The molecule has 1 N–H and O–H groups in total. The molecule has 25 heavy (non-hydrogen) atoms. The molecular formula is C19H32N2O3S. The van der Waals surface area contributed by atoms with Crippen molar-refractivity contribution in [3.8, 4) is 0 Å². The third kappa shape index (κ3) is 7.57. The van der Waals surface area contributed by atoms with E-state index in [1.807, 2.05) is 78.9 Å². The van der Waals surface area contributed by atoms with Crippen molar-refractivity contribution in [2.45, 2.75) is 58.9 Å². The number of amides is 1. The van der Waals surface area contributed by atoms with Gasteiger partial charge in [0.2, 0.25) is 0 Å². The Labute approximate surface area is 154 Å². The number of nitrogens with one attached hydrogen (secondary N) is 1. The van der Waals surface area contributed by atoms with Crippen LogP contribution in [0, 0.1) is 5.41 Å². The lowest BCUT2D eigenvalue weighted by Gasteiger charge is -2.35. The Morgan fingerprint density at radius 2 is 1.72 bits per heavy atom. The summed E-state index contributed by atoms with van der Waals surface area (Å²) < 4.78 is 19.3. The number of benzene rings is 1. The molecule has 1 aromatic rings. The molecular weight excluding hydrogens is 336 g/mol. The van der Waals surface area contributed by atoms with Gasteiger partial charge in [-0.15, -0.1) is 0 Å². The highest BCUT2D eigenvalue weighted by atomic mass is 32.2. The van der Waals surface area contributed by atoms with Crippen molar-refractivity contribution in [2.75, 3.05) is 13.6 Å². The standard InChI is InChI=1S/C19H32N2O3S/c1-18(2,3)16(13-21(7)25(23)19(4,5)6)20-17(22)24-14-15-11-9-8-10-12-15/h8-12,16H,13-14H2,1-7H3,(H,20,22)/t16-,25?/m1/s1. The molecule has 0 saturated carbocycles. The van der Waals surface area contributed by atoms with Gasteiger partial charge in [0.25, 0.3) is 0 Å². The van der Waals surface area contributed by atoms with Gasteiger partial charge in [-0.05, 0) is 38.8 Å². The maximum absolute atomic E-state index is 12.5. The highest BCUT2D eigenvalue weighted by Gasteiger charge is 2.32. The van der Waals surface area contributed by atoms with E-state index in [9.17, 15) is 9.00 Å². The minimum atomic E-state index is -1.14. The SMILES string of the molecule is CN(C[C@@H](NC(=O)OCc1ccccc1)C(C)(C)C)S(=O)C(C)(C)C. The van der Waals surface area contributed by atoms with Gasteiger partial charge in [-0.1, -0.05) is 51.1 Å². The third-order valence-electron chi connectivity index (χ3n) is 3.80. The zero-order chi connectivity index (χ0) is 19.3. The largest absolute Gasteiger partial charge is 0.445 e. The Hall–Kier alpha value is -1.40. The predicted molar refractivity (Wildman–Crippen MR) is 104 cm³/mol. The molecule has 2 atom stereocenters. The molecule has 142 valence electrons. The fourth-order valence-electron chi connectivity index (χ4n) is 2.24. The second-order valence-corrected chi connectivity index (χ2v) is 10.6. The lowest BCUT2D eigenvalue weighted by Crippen LogP contribution is -2.51. The molecule has 0 heterocycles. The summed E-state index contributed by atoms with van der Waals surface area (Å²) in [5.41, 5.74) is 0.748. The summed E-state index contributed by atoms with van der Waals surface area (Å²) in [6, 6.07) is 9.37. The van der Waals surface area contributed by atoms with Gasteiger partial charge in [-0.2, -0.15) is 0 Å². The van der Waals surface area contributed by atoms with Crippen molar-refractivity contribution in [3.63, 3.8) is 0 Å². The molecule has 6 heteroatoms. The van der Waals surface area contributed by atoms with Gasteiger partial charge in [-0.3, -0.25) is 0 Å². The molecule has 0 radical (unpaired) electrons. The molecule has 1 amide bonds. The number of alkyl carbamates (subject to hydrolysis) is 1. The van der Waals surface area contributed by atoms with E-state index in [2.05, 4.69) is 5.32 Å². The van der Waals surface area contributed by atoms with Gasteiger partial charge < -0.3 is 10.1 Å². The molecule has 5 nitrogen and oxygen atoms in total. The van der Waals surface area contributed by atoms with E-state index in [4.69, 9.17) is 4.74 Å². The summed E-state index contributed by atoms with van der Waals surface area (Å²) in [6.07, 6.45) is -0.460. The van der Waals surface area contributed by atoms with Gasteiger partial charge in [0, 0.05) is 6.54 Å². The molecule has 0 aliphatic heterocycles. The van der Waals surface area contributed by atoms with Gasteiger partial charge in [0.1, 0.15) is 6.61 Å². The zero-order valence-corrected chi connectivity index (χ0v) is 17.3. The van der Waals surface area contributed by atoms with Crippen molar-refractivity contribution >= 4 is 17.1 Å². The molecule has 1 aromatic carbocycles. The molecule has 0 aliphatic carbocycles. The first-order valence-corrected chi connectivity index (χ1v) is 9.62. The number of carbonyl (C=O) groups excluding carboxylic acids is 1. The molecule has 1 rings (SSSR count). The summed E-state index contributed by atoms with van der Waals surface area (Å²) in [5.74, 6) is 0.